The Bertz CT molecular complexity index is 470. The molecule has 2 N–H and O–H groups in total. The van der Waals surface area contributed by atoms with Gasteiger partial charge in [0, 0.05) is 13.2 Å². The van der Waals surface area contributed by atoms with Crippen LogP contribution in [0, 0.1) is 5.92 Å². The van der Waals surface area contributed by atoms with Crippen LogP contribution in [0.3, 0.4) is 0 Å². The molecule has 7 heteroatoms. The first-order valence-corrected chi connectivity index (χ1v) is 7.17. The van der Waals surface area contributed by atoms with Gasteiger partial charge < -0.3 is 5.11 Å². The maximum Gasteiger partial charge on any atom is 0.243 e. The summed E-state index contributed by atoms with van der Waals surface area (Å²) in [5, 5.41) is 8.97. The molecule has 17 heavy (non-hydrogen) atoms. The maximum atomic E-state index is 11.9. The standard InChI is InChI=1S/C10H13Cl2NO3S/c1-7(6-14)5-13-17(15,16)10-8(11)3-2-4-9(10)12/h2-4,7,13-14H,5-6H2,1H3. The number of rotatable bonds is 5. The normalized spacial score (nSPS) is 13.6. The van der Waals surface area contributed by atoms with E-state index in [2.05, 4.69) is 4.72 Å². The molecule has 0 aromatic heterocycles. The lowest BCUT2D eigenvalue weighted by atomic mass is 10.2. The Morgan fingerprint density at radius 3 is 2.35 bits per heavy atom. The number of hydrogen-bond donors (Lipinski definition) is 2. The first-order valence-electron chi connectivity index (χ1n) is 4.93. The Balaban J connectivity index is 2.98. The van der Waals surface area contributed by atoms with Crippen molar-refractivity contribution < 1.29 is 13.5 Å². The first kappa shape index (κ1) is 14.7. The van der Waals surface area contributed by atoms with Crippen LogP contribution in [0.1, 0.15) is 6.92 Å². The zero-order chi connectivity index (χ0) is 13.1. The van der Waals surface area contributed by atoms with Crippen LogP contribution in [0.2, 0.25) is 10.0 Å². The molecule has 0 bridgehead atoms. The zero-order valence-electron chi connectivity index (χ0n) is 9.15. The van der Waals surface area contributed by atoms with Crippen LogP contribution in [0.25, 0.3) is 0 Å². The maximum absolute atomic E-state index is 11.9. The predicted molar refractivity (Wildman–Crippen MR) is 67.9 cm³/mol. The summed E-state index contributed by atoms with van der Waals surface area (Å²) in [5.74, 6) is -0.175. The number of benzene rings is 1. The minimum absolute atomic E-state index is 0.0710. The summed E-state index contributed by atoms with van der Waals surface area (Å²) >= 11 is 11.6. The minimum atomic E-state index is -3.75. The van der Waals surface area contributed by atoms with Gasteiger partial charge in [0.25, 0.3) is 0 Å². The molecule has 1 aromatic carbocycles. The van der Waals surface area contributed by atoms with Crippen molar-refractivity contribution in [2.45, 2.75) is 11.8 Å². The highest BCUT2D eigenvalue weighted by atomic mass is 35.5. The third-order valence-corrected chi connectivity index (χ3v) is 4.50. The molecule has 0 spiro atoms. The highest BCUT2D eigenvalue weighted by Gasteiger charge is 2.21. The Labute approximate surface area is 111 Å². The lowest BCUT2D eigenvalue weighted by Gasteiger charge is -2.12. The van der Waals surface area contributed by atoms with Crippen LogP contribution in [0.15, 0.2) is 23.1 Å². The third kappa shape index (κ3) is 3.82. The highest BCUT2D eigenvalue weighted by Crippen LogP contribution is 2.28. The van der Waals surface area contributed by atoms with Crippen molar-refractivity contribution in [3.63, 3.8) is 0 Å². The van der Waals surface area contributed by atoms with E-state index in [4.69, 9.17) is 28.3 Å². The van der Waals surface area contributed by atoms with E-state index in [0.29, 0.717) is 0 Å². The smallest absolute Gasteiger partial charge is 0.243 e. The van der Waals surface area contributed by atoms with Gasteiger partial charge in [-0.25, -0.2) is 13.1 Å². The zero-order valence-corrected chi connectivity index (χ0v) is 11.5. The van der Waals surface area contributed by atoms with E-state index >= 15 is 0 Å². The van der Waals surface area contributed by atoms with Gasteiger partial charge in [-0.15, -0.1) is 0 Å². The van der Waals surface area contributed by atoms with Crippen LogP contribution in [0.4, 0.5) is 0 Å². The molecule has 0 aliphatic heterocycles. The second-order valence-corrected chi connectivity index (χ2v) is 6.21. The lowest BCUT2D eigenvalue weighted by Crippen LogP contribution is -2.30. The van der Waals surface area contributed by atoms with Crippen molar-refractivity contribution in [3.8, 4) is 0 Å². The summed E-state index contributed by atoms with van der Waals surface area (Å²) in [6.07, 6.45) is 0. The number of aliphatic hydroxyl groups is 1. The molecule has 4 nitrogen and oxygen atoms in total. The summed E-state index contributed by atoms with van der Waals surface area (Å²) in [6, 6.07) is 4.48. The molecule has 0 amide bonds. The molecule has 1 rings (SSSR count). The van der Waals surface area contributed by atoms with Crippen LogP contribution < -0.4 is 4.72 Å². The summed E-state index contributed by atoms with van der Waals surface area (Å²) < 4.78 is 26.2. The van der Waals surface area contributed by atoms with Gasteiger partial charge in [0.05, 0.1) is 10.0 Å². The fourth-order valence-electron chi connectivity index (χ4n) is 1.13. The predicted octanol–water partition coefficient (Wildman–Crippen LogP) is 1.90. The molecule has 1 atom stereocenters. The molecule has 0 heterocycles. The van der Waals surface area contributed by atoms with Crippen molar-refractivity contribution in [1.29, 1.82) is 0 Å². The van der Waals surface area contributed by atoms with Crippen molar-refractivity contribution in [2.24, 2.45) is 5.92 Å². The van der Waals surface area contributed by atoms with E-state index in [9.17, 15) is 8.42 Å². The minimum Gasteiger partial charge on any atom is -0.396 e. The van der Waals surface area contributed by atoms with Crippen LogP contribution in [0.5, 0.6) is 0 Å². The van der Waals surface area contributed by atoms with Crippen molar-refractivity contribution in [3.05, 3.63) is 28.2 Å². The van der Waals surface area contributed by atoms with Crippen molar-refractivity contribution >= 4 is 33.2 Å². The number of aliphatic hydroxyl groups excluding tert-OH is 1. The summed E-state index contributed by atoms with van der Waals surface area (Å²) in [6.45, 7) is 1.75. The molecule has 0 aliphatic carbocycles. The van der Waals surface area contributed by atoms with Gasteiger partial charge in [0.2, 0.25) is 10.0 Å². The van der Waals surface area contributed by atoms with Gasteiger partial charge in [-0.3, -0.25) is 0 Å². The fourth-order valence-corrected chi connectivity index (χ4v) is 3.43. The summed E-state index contributed by atoms with van der Waals surface area (Å²) in [5.41, 5.74) is 0. The van der Waals surface area contributed by atoms with Gasteiger partial charge in [-0.1, -0.05) is 36.2 Å². The van der Waals surface area contributed by atoms with Gasteiger partial charge in [-0.05, 0) is 18.1 Å². The van der Waals surface area contributed by atoms with Crippen molar-refractivity contribution in [1.82, 2.24) is 4.72 Å². The lowest BCUT2D eigenvalue weighted by molar-refractivity contribution is 0.238. The Morgan fingerprint density at radius 1 is 1.35 bits per heavy atom. The van der Waals surface area contributed by atoms with Gasteiger partial charge in [0.15, 0.2) is 0 Å². The number of sulfonamides is 1. The first-order chi connectivity index (χ1) is 7.88. The Kier molecular flexibility index (Phi) is 5.22. The average Bonchev–Trinajstić information content (AvgIpc) is 2.25. The van der Waals surface area contributed by atoms with Crippen LogP contribution in [-0.4, -0.2) is 26.7 Å². The quantitative estimate of drug-likeness (QED) is 0.872. The van der Waals surface area contributed by atoms with E-state index in [1.165, 1.54) is 12.1 Å². The van der Waals surface area contributed by atoms with Gasteiger partial charge >= 0.3 is 0 Å². The molecule has 0 radical (unpaired) electrons. The van der Waals surface area contributed by atoms with Crippen LogP contribution >= 0.6 is 23.2 Å². The molecule has 96 valence electrons. The Hall–Kier alpha value is -0.330. The molecule has 0 aliphatic rings. The monoisotopic (exact) mass is 297 g/mol. The van der Waals surface area contributed by atoms with Gasteiger partial charge in [-0.2, -0.15) is 0 Å². The second kappa shape index (κ2) is 6.02. The molecule has 1 unspecified atom stereocenters. The number of halogens is 2. The van der Waals surface area contributed by atoms with E-state index in [0.717, 1.165) is 0 Å². The van der Waals surface area contributed by atoms with E-state index in [1.54, 1.807) is 13.0 Å². The second-order valence-electron chi connectivity index (χ2n) is 3.69. The Morgan fingerprint density at radius 2 is 1.88 bits per heavy atom. The molecule has 0 saturated carbocycles. The summed E-state index contributed by atoms with van der Waals surface area (Å²) in [7, 11) is -3.75. The topological polar surface area (TPSA) is 66.4 Å². The summed E-state index contributed by atoms with van der Waals surface area (Å²) in [4.78, 5) is -0.131. The largest absolute Gasteiger partial charge is 0.396 e. The van der Waals surface area contributed by atoms with Crippen LogP contribution in [-0.2, 0) is 10.0 Å². The highest BCUT2D eigenvalue weighted by molar-refractivity contribution is 7.89. The van der Waals surface area contributed by atoms with E-state index in [1.807, 2.05) is 0 Å². The molecular formula is C10H13Cl2NO3S. The molecule has 1 aromatic rings. The molecule has 0 saturated heterocycles. The van der Waals surface area contributed by atoms with E-state index < -0.39 is 10.0 Å². The van der Waals surface area contributed by atoms with Gasteiger partial charge in [0.1, 0.15) is 4.90 Å². The van der Waals surface area contributed by atoms with E-state index in [-0.39, 0.29) is 34.0 Å². The number of nitrogens with one attached hydrogen (secondary N) is 1. The fraction of sp³-hybridized carbons (Fsp3) is 0.400. The van der Waals surface area contributed by atoms with Crippen molar-refractivity contribution in [2.75, 3.05) is 13.2 Å². The average molecular weight is 298 g/mol. The third-order valence-electron chi connectivity index (χ3n) is 2.12. The SMILES string of the molecule is CC(CO)CNS(=O)(=O)c1c(Cl)cccc1Cl. The molecular weight excluding hydrogens is 285 g/mol. The molecule has 0 fully saturated rings. The number of hydrogen-bond acceptors (Lipinski definition) is 3.